The van der Waals surface area contributed by atoms with Crippen LogP contribution < -0.4 is 5.32 Å². The van der Waals surface area contributed by atoms with E-state index in [-0.39, 0.29) is 5.56 Å². The molecule has 0 saturated heterocycles. The largest absolute Gasteiger partial charge is 0.363 e. The van der Waals surface area contributed by atoms with Gasteiger partial charge in [-0.2, -0.15) is 0 Å². The molecule has 1 N–H and O–H groups in total. The molecule has 88 valence electrons. The lowest BCUT2D eigenvalue weighted by molar-refractivity contribution is 0.102. The molecule has 1 aromatic heterocycles. The summed E-state index contributed by atoms with van der Waals surface area (Å²) in [6.07, 6.45) is 1.34. The Labute approximate surface area is 97.4 Å². The second-order valence-electron chi connectivity index (χ2n) is 3.74. The van der Waals surface area contributed by atoms with Crippen LogP contribution in [-0.4, -0.2) is 11.1 Å². The zero-order valence-electron chi connectivity index (χ0n) is 9.45. The topological polar surface area (TPSA) is 55.1 Å². The highest BCUT2D eigenvalue weighted by atomic mass is 19.1. The fourth-order valence-electron chi connectivity index (χ4n) is 1.41. The van der Waals surface area contributed by atoms with Crippen molar-refractivity contribution in [3.8, 4) is 0 Å². The summed E-state index contributed by atoms with van der Waals surface area (Å²) in [6, 6.07) is 4.35. The lowest BCUT2D eigenvalue weighted by atomic mass is 10.1. The summed E-state index contributed by atoms with van der Waals surface area (Å²) in [5.74, 6) is -0.509. The highest BCUT2D eigenvalue weighted by Gasteiger charge is 2.11. The number of hydrogen-bond donors (Lipinski definition) is 1. The summed E-state index contributed by atoms with van der Waals surface area (Å²) < 4.78 is 18.0. The number of carbonyl (C=O) groups excluding carboxylic acids is 1. The lowest BCUT2D eigenvalue weighted by Gasteiger charge is -2.06. The normalized spacial score (nSPS) is 10.3. The number of carbonyl (C=O) groups is 1. The number of benzene rings is 1. The first-order valence-electron chi connectivity index (χ1n) is 5.06. The Bertz CT molecular complexity index is 527. The summed E-state index contributed by atoms with van der Waals surface area (Å²) in [6.45, 7) is 3.43. The summed E-state index contributed by atoms with van der Waals surface area (Å²) in [7, 11) is 0. The van der Waals surface area contributed by atoms with Crippen LogP contribution in [0.2, 0.25) is 0 Å². The Balaban J connectivity index is 2.26. The van der Waals surface area contributed by atoms with Crippen LogP contribution in [0.1, 0.15) is 21.5 Å². The van der Waals surface area contributed by atoms with Gasteiger partial charge in [-0.15, -0.1) is 0 Å². The minimum absolute atomic E-state index is 0.258. The van der Waals surface area contributed by atoms with Crippen LogP contribution in [0.5, 0.6) is 0 Å². The molecule has 0 aliphatic carbocycles. The van der Waals surface area contributed by atoms with Crippen LogP contribution in [0.3, 0.4) is 0 Å². The monoisotopic (exact) mass is 234 g/mol. The van der Waals surface area contributed by atoms with Crippen molar-refractivity contribution in [3.05, 3.63) is 47.0 Å². The first kappa shape index (κ1) is 11.3. The average molecular weight is 234 g/mol. The van der Waals surface area contributed by atoms with Crippen molar-refractivity contribution in [1.29, 1.82) is 0 Å². The molecule has 0 radical (unpaired) electrons. The third-order valence-corrected chi connectivity index (χ3v) is 2.55. The van der Waals surface area contributed by atoms with Gasteiger partial charge in [-0.05, 0) is 37.1 Å². The second-order valence-corrected chi connectivity index (χ2v) is 3.74. The van der Waals surface area contributed by atoms with Gasteiger partial charge < -0.3 is 9.84 Å². The smallest absolute Gasteiger partial charge is 0.257 e. The number of aromatic nitrogens is 1. The van der Waals surface area contributed by atoms with E-state index in [9.17, 15) is 9.18 Å². The number of nitrogens with zero attached hydrogens (tertiary/aromatic N) is 1. The molecule has 0 fully saturated rings. The molecule has 2 aromatic rings. The minimum atomic E-state index is -0.416. The molecule has 1 heterocycles. The summed E-state index contributed by atoms with van der Waals surface area (Å²) in [5.41, 5.74) is 1.53. The summed E-state index contributed by atoms with van der Waals surface area (Å²) >= 11 is 0. The quantitative estimate of drug-likeness (QED) is 0.869. The van der Waals surface area contributed by atoms with Crippen molar-refractivity contribution in [1.82, 2.24) is 5.16 Å². The van der Waals surface area contributed by atoms with E-state index in [4.69, 9.17) is 0 Å². The van der Waals surface area contributed by atoms with Crippen LogP contribution in [0.4, 0.5) is 10.2 Å². The predicted molar refractivity (Wildman–Crippen MR) is 60.3 cm³/mol. The Morgan fingerprint density at radius 3 is 2.76 bits per heavy atom. The molecule has 1 amide bonds. The zero-order valence-corrected chi connectivity index (χ0v) is 9.45. The first-order chi connectivity index (χ1) is 8.08. The molecule has 2 rings (SSSR count). The number of aryl methyl sites for hydroxylation is 1. The molecule has 0 atom stereocenters. The minimum Gasteiger partial charge on any atom is -0.363 e. The maximum absolute atomic E-state index is 13.5. The molecule has 5 heteroatoms. The van der Waals surface area contributed by atoms with E-state index in [2.05, 4.69) is 15.0 Å². The van der Waals surface area contributed by atoms with Gasteiger partial charge in [0, 0.05) is 11.6 Å². The van der Waals surface area contributed by atoms with E-state index in [1.54, 1.807) is 19.9 Å². The molecule has 17 heavy (non-hydrogen) atoms. The molecule has 0 aliphatic rings. The Kier molecular flexibility index (Phi) is 2.91. The van der Waals surface area contributed by atoms with Gasteiger partial charge in [-0.3, -0.25) is 4.79 Å². The van der Waals surface area contributed by atoms with Crippen molar-refractivity contribution < 1.29 is 13.7 Å². The van der Waals surface area contributed by atoms with Gasteiger partial charge in [0.25, 0.3) is 5.91 Å². The predicted octanol–water partition coefficient (Wildman–Crippen LogP) is 2.68. The molecule has 0 aliphatic heterocycles. The van der Waals surface area contributed by atoms with Gasteiger partial charge in [0.05, 0.1) is 0 Å². The summed E-state index contributed by atoms with van der Waals surface area (Å²) in [4.78, 5) is 11.8. The second kappa shape index (κ2) is 4.37. The SMILES string of the molecule is Cc1cc(C(=O)Nc2ccon2)cc(F)c1C. The molecule has 0 spiro atoms. The fourth-order valence-corrected chi connectivity index (χ4v) is 1.41. The van der Waals surface area contributed by atoms with E-state index in [1.165, 1.54) is 18.4 Å². The van der Waals surface area contributed by atoms with Crippen molar-refractivity contribution >= 4 is 11.7 Å². The maximum atomic E-state index is 13.5. The fraction of sp³-hybridized carbons (Fsp3) is 0.167. The molecule has 0 bridgehead atoms. The van der Waals surface area contributed by atoms with Crippen molar-refractivity contribution in [2.75, 3.05) is 5.32 Å². The average Bonchev–Trinajstić information content (AvgIpc) is 2.77. The number of rotatable bonds is 2. The molecular formula is C12H11FN2O2. The Morgan fingerprint density at radius 2 is 2.18 bits per heavy atom. The van der Waals surface area contributed by atoms with Gasteiger partial charge in [-0.1, -0.05) is 5.16 Å². The third-order valence-electron chi connectivity index (χ3n) is 2.55. The van der Waals surface area contributed by atoms with E-state index >= 15 is 0 Å². The van der Waals surface area contributed by atoms with Crippen molar-refractivity contribution in [2.45, 2.75) is 13.8 Å². The maximum Gasteiger partial charge on any atom is 0.257 e. The number of halogens is 1. The van der Waals surface area contributed by atoms with Crippen LogP contribution in [0, 0.1) is 19.7 Å². The van der Waals surface area contributed by atoms with Gasteiger partial charge in [0.15, 0.2) is 5.82 Å². The van der Waals surface area contributed by atoms with Gasteiger partial charge >= 0.3 is 0 Å². The molecule has 0 saturated carbocycles. The first-order valence-corrected chi connectivity index (χ1v) is 5.06. The molecular weight excluding hydrogens is 223 g/mol. The van der Waals surface area contributed by atoms with Crippen LogP contribution >= 0.6 is 0 Å². The zero-order chi connectivity index (χ0) is 12.4. The number of nitrogens with one attached hydrogen (secondary N) is 1. The molecule has 0 unspecified atom stereocenters. The van der Waals surface area contributed by atoms with Crippen LogP contribution in [0.25, 0.3) is 0 Å². The Hall–Kier alpha value is -2.17. The van der Waals surface area contributed by atoms with E-state index < -0.39 is 11.7 Å². The highest BCUT2D eigenvalue weighted by molar-refractivity contribution is 6.03. The number of amides is 1. The third kappa shape index (κ3) is 2.33. The van der Waals surface area contributed by atoms with E-state index in [0.29, 0.717) is 11.4 Å². The molecule has 1 aromatic carbocycles. The van der Waals surface area contributed by atoms with Crippen LogP contribution in [0.15, 0.2) is 29.0 Å². The van der Waals surface area contributed by atoms with E-state index in [0.717, 1.165) is 5.56 Å². The molecule has 4 nitrogen and oxygen atoms in total. The Morgan fingerprint density at radius 1 is 1.41 bits per heavy atom. The van der Waals surface area contributed by atoms with Gasteiger partial charge in [-0.25, -0.2) is 4.39 Å². The highest BCUT2D eigenvalue weighted by Crippen LogP contribution is 2.15. The number of hydrogen-bond acceptors (Lipinski definition) is 3. The van der Waals surface area contributed by atoms with Crippen molar-refractivity contribution in [2.24, 2.45) is 0 Å². The van der Waals surface area contributed by atoms with Gasteiger partial charge in [0.2, 0.25) is 0 Å². The van der Waals surface area contributed by atoms with Gasteiger partial charge in [0.1, 0.15) is 12.1 Å². The number of anilines is 1. The standard InChI is InChI=1S/C12H11FN2O2/c1-7-5-9(6-10(13)8(7)2)12(16)14-11-3-4-17-15-11/h3-6H,1-2H3,(H,14,15,16). The summed E-state index contributed by atoms with van der Waals surface area (Å²) in [5, 5.41) is 6.05. The van der Waals surface area contributed by atoms with Crippen molar-refractivity contribution in [3.63, 3.8) is 0 Å². The van der Waals surface area contributed by atoms with Crippen LogP contribution in [-0.2, 0) is 0 Å². The lowest BCUT2D eigenvalue weighted by Crippen LogP contribution is -2.13. The van der Waals surface area contributed by atoms with E-state index in [1.807, 2.05) is 0 Å².